The summed E-state index contributed by atoms with van der Waals surface area (Å²) in [5, 5.41) is 2.94. The van der Waals surface area contributed by atoms with Crippen LogP contribution in [0.25, 0.3) is 5.69 Å². The number of carbonyl (C=O) groups is 1. The molecule has 0 atom stereocenters. The molecule has 0 aliphatic heterocycles. The molecule has 1 heterocycles. The molecule has 0 saturated carbocycles. The second-order valence-electron chi connectivity index (χ2n) is 8.02. The predicted molar refractivity (Wildman–Crippen MR) is 133 cm³/mol. The molecule has 0 unspecified atom stereocenters. The maximum Gasteiger partial charge on any atom is 0.251 e. The van der Waals surface area contributed by atoms with E-state index in [2.05, 4.69) is 10.3 Å². The minimum absolute atomic E-state index is 0.224. The average molecular weight is 475 g/mol. The van der Waals surface area contributed by atoms with Gasteiger partial charge in [0, 0.05) is 24.5 Å². The molecule has 0 saturated heterocycles. The van der Waals surface area contributed by atoms with Crippen LogP contribution < -0.4 is 9.62 Å². The Balaban J connectivity index is 1.49. The number of anilines is 1. The summed E-state index contributed by atoms with van der Waals surface area (Å²) in [6.45, 7) is 2.52. The van der Waals surface area contributed by atoms with Crippen molar-refractivity contribution in [3.05, 3.63) is 114 Å². The van der Waals surface area contributed by atoms with Gasteiger partial charge in [-0.25, -0.2) is 13.4 Å². The zero-order chi connectivity index (χ0) is 24.1. The normalized spacial score (nSPS) is 11.2. The third-order valence-electron chi connectivity index (χ3n) is 5.61. The van der Waals surface area contributed by atoms with E-state index in [1.54, 1.807) is 36.8 Å². The summed E-state index contributed by atoms with van der Waals surface area (Å²) < 4.78 is 28.2. The number of nitrogens with one attached hydrogen (secondary N) is 1. The Morgan fingerprint density at radius 3 is 2.29 bits per heavy atom. The molecular weight excluding hydrogens is 448 g/mol. The Morgan fingerprint density at radius 2 is 1.65 bits per heavy atom. The third kappa shape index (κ3) is 5.35. The van der Waals surface area contributed by atoms with Crippen LogP contribution >= 0.6 is 0 Å². The van der Waals surface area contributed by atoms with Gasteiger partial charge in [-0.3, -0.25) is 9.10 Å². The van der Waals surface area contributed by atoms with E-state index in [1.165, 1.54) is 10.6 Å². The number of sulfonamides is 1. The Morgan fingerprint density at radius 1 is 0.971 bits per heavy atom. The Hall–Kier alpha value is -3.91. The van der Waals surface area contributed by atoms with E-state index in [1.807, 2.05) is 66.2 Å². The molecular formula is C26H26N4O3S. The highest BCUT2D eigenvalue weighted by Crippen LogP contribution is 2.23. The van der Waals surface area contributed by atoms with Gasteiger partial charge < -0.3 is 9.88 Å². The first kappa shape index (κ1) is 23.3. The first-order valence-electron chi connectivity index (χ1n) is 10.8. The second-order valence-corrected chi connectivity index (χ2v) is 9.93. The van der Waals surface area contributed by atoms with E-state index in [0.717, 1.165) is 22.4 Å². The minimum atomic E-state index is -3.51. The largest absolute Gasteiger partial charge is 0.348 e. The van der Waals surface area contributed by atoms with Crippen LogP contribution in [0.2, 0.25) is 0 Å². The highest BCUT2D eigenvalue weighted by atomic mass is 32.2. The number of aromatic nitrogens is 2. The maximum atomic E-state index is 12.8. The van der Waals surface area contributed by atoms with Crippen LogP contribution in [0.3, 0.4) is 0 Å². The van der Waals surface area contributed by atoms with E-state index in [9.17, 15) is 13.2 Å². The lowest BCUT2D eigenvalue weighted by Gasteiger charge is -2.23. The molecule has 7 nitrogen and oxygen atoms in total. The molecule has 34 heavy (non-hydrogen) atoms. The molecule has 1 aromatic heterocycles. The number of amides is 1. The van der Waals surface area contributed by atoms with Crippen molar-refractivity contribution < 1.29 is 13.2 Å². The molecule has 0 fully saturated rings. The molecule has 0 aliphatic rings. The molecule has 8 heteroatoms. The standard InChI is InChI=1S/C26H26N4O3S/c1-20-7-3-4-9-23(20)18-30(34(2,32)33)24-13-11-21(12-14-24)26(31)28-17-22-8-5-6-10-25(22)29-16-15-27-19-29/h3-16,19H,17-18H2,1-2H3,(H,28,31). The highest BCUT2D eigenvalue weighted by molar-refractivity contribution is 7.92. The van der Waals surface area contributed by atoms with Crippen LogP contribution in [0.4, 0.5) is 5.69 Å². The van der Waals surface area contributed by atoms with Crippen molar-refractivity contribution in [2.45, 2.75) is 20.0 Å². The van der Waals surface area contributed by atoms with Gasteiger partial charge in [0.1, 0.15) is 0 Å². The summed E-state index contributed by atoms with van der Waals surface area (Å²) in [4.78, 5) is 16.8. The SMILES string of the molecule is Cc1ccccc1CN(c1ccc(C(=O)NCc2ccccc2-n2ccnc2)cc1)S(C)(=O)=O. The van der Waals surface area contributed by atoms with Crippen molar-refractivity contribution in [1.82, 2.24) is 14.9 Å². The Bertz CT molecular complexity index is 1380. The lowest BCUT2D eigenvalue weighted by atomic mass is 10.1. The van der Waals surface area contributed by atoms with Gasteiger partial charge in [0.15, 0.2) is 0 Å². The van der Waals surface area contributed by atoms with E-state index in [4.69, 9.17) is 0 Å². The van der Waals surface area contributed by atoms with Crippen molar-refractivity contribution >= 4 is 21.6 Å². The topological polar surface area (TPSA) is 84.3 Å². The summed E-state index contributed by atoms with van der Waals surface area (Å²) in [6, 6.07) is 22.1. The first-order valence-corrected chi connectivity index (χ1v) is 12.6. The minimum Gasteiger partial charge on any atom is -0.348 e. The van der Waals surface area contributed by atoms with Crippen molar-refractivity contribution in [2.75, 3.05) is 10.6 Å². The van der Waals surface area contributed by atoms with Gasteiger partial charge in [0.25, 0.3) is 5.91 Å². The zero-order valence-electron chi connectivity index (χ0n) is 19.0. The molecule has 1 N–H and O–H groups in total. The van der Waals surface area contributed by atoms with Crippen molar-refractivity contribution in [3.63, 3.8) is 0 Å². The Kier molecular flexibility index (Phi) is 6.79. The zero-order valence-corrected chi connectivity index (χ0v) is 19.9. The molecule has 4 aromatic rings. The van der Waals surface area contributed by atoms with Crippen molar-refractivity contribution in [1.29, 1.82) is 0 Å². The number of carbonyl (C=O) groups excluding carboxylic acids is 1. The fourth-order valence-electron chi connectivity index (χ4n) is 3.71. The van der Waals surface area contributed by atoms with Gasteiger partial charge in [0.2, 0.25) is 10.0 Å². The lowest BCUT2D eigenvalue weighted by Crippen LogP contribution is -2.29. The molecule has 1 amide bonds. The summed E-state index contributed by atoms with van der Waals surface area (Å²) >= 11 is 0. The molecule has 4 rings (SSSR count). The van der Waals surface area contributed by atoms with Crippen LogP contribution in [0.5, 0.6) is 0 Å². The van der Waals surface area contributed by atoms with Crippen LogP contribution in [0.15, 0.2) is 91.5 Å². The molecule has 0 radical (unpaired) electrons. The predicted octanol–water partition coefficient (Wildman–Crippen LogP) is 4.08. The lowest BCUT2D eigenvalue weighted by molar-refractivity contribution is 0.0951. The van der Waals surface area contributed by atoms with Gasteiger partial charge >= 0.3 is 0 Å². The third-order valence-corrected chi connectivity index (χ3v) is 6.75. The molecule has 0 bridgehead atoms. The smallest absolute Gasteiger partial charge is 0.251 e. The van der Waals surface area contributed by atoms with Gasteiger partial charge in [-0.1, -0.05) is 42.5 Å². The van der Waals surface area contributed by atoms with Gasteiger partial charge in [-0.05, 0) is 53.9 Å². The number of benzene rings is 3. The van der Waals surface area contributed by atoms with Gasteiger partial charge in [-0.15, -0.1) is 0 Å². The number of hydrogen-bond acceptors (Lipinski definition) is 4. The average Bonchev–Trinajstić information content (AvgIpc) is 3.36. The van der Waals surface area contributed by atoms with Crippen molar-refractivity contribution in [3.8, 4) is 5.69 Å². The number of nitrogens with zero attached hydrogens (tertiary/aromatic N) is 3. The highest BCUT2D eigenvalue weighted by Gasteiger charge is 2.19. The van der Waals surface area contributed by atoms with Crippen LogP contribution in [-0.4, -0.2) is 30.1 Å². The number of hydrogen-bond donors (Lipinski definition) is 1. The Labute approximate surface area is 199 Å². The fraction of sp³-hybridized carbons (Fsp3) is 0.154. The quantitative estimate of drug-likeness (QED) is 0.417. The van der Waals surface area contributed by atoms with E-state index >= 15 is 0 Å². The molecule has 3 aromatic carbocycles. The summed E-state index contributed by atoms with van der Waals surface area (Å²) in [5.41, 5.74) is 4.79. The van der Waals surface area contributed by atoms with E-state index in [0.29, 0.717) is 17.8 Å². The summed E-state index contributed by atoms with van der Waals surface area (Å²) in [7, 11) is -3.51. The number of para-hydroxylation sites is 1. The first-order chi connectivity index (χ1) is 16.3. The van der Waals surface area contributed by atoms with Crippen LogP contribution in [0.1, 0.15) is 27.0 Å². The van der Waals surface area contributed by atoms with E-state index in [-0.39, 0.29) is 12.5 Å². The fourth-order valence-corrected chi connectivity index (χ4v) is 4.59. The number of rotatable bonds is 8. The maximum absolute atomic E-state index is 12.8. The monoisotopic (exact) mass is 474 g/mol. The molecule has 0 aliphatic carbocycles. The van der Waals surface area contributed by atoms with Crippen molar-refractivity contribution in [2.24, 2.45) is 0 Å². The molecule has 174 valence electrons. The second kappa shape index (κ2) is 9.93. The molecule has 0 spiro atoms. The number of aryl methyl sites for hydroxylation is 1. The van der Waals surface area contributed by atoms with Crippen LogP contribution in [-0.2, 0) is 23.1 Å². The van der Waals surface area contributed by atoms with Gasteiger partial charge in [0.05, 0.1) is 30.5 Å². The van der Waals surface area contributed by atoms with Gasteiger partial charge in [-0.2, -0.15) is 0 Å². The van der Waals surface area contributed by atoms with Crippen LogP contribution in [0, 0.1) is 6.92 Å². The summed E-state index contributed by atoms with van der Waals surface area (Å²) in [6.07, 6.45) is 6.45. The van der Waals surface area contributed by atoms with E-state index < -0.39 is 10.0 Å². The number of imidazole rings is 1. The summed E-state index contributed by atoms with van der Waals surface area (Å²) in [5.74, 6) is -0.239.